The van der Waals surface area contributed by atoms with Gasteiger partial charge in [0.1, 0.15) is 12.7 Å². The number of nitrogen functional groups attached to an aromatic ring is 1. The van der Waals surface area contributed by atoms with Crippen LogP contribution in [0.5, 0.6) is 0 Å². The molecule has 24 heavy (non-hydrogen) atoms. The van der Waals surface area contributed by atoms with Crippen LogP contribution in [0.4, 0.5) is 5.95 Å². The van der Waals surface area contributed by atoms with E-state index in [1.165, 1.54) is 25.0 Å². The van der Waals surface area contributed by atoms with Crippen molar-refractivity contribution in [2.24, 2.45) is 0 Å². The van der Waals surface area contributed by atoms with Gasteiger partial charge in [-0.15, -0.1) is 0 Å². The molecule has 128 valence electrons. The minimum atomic E-state index is -3.69. The summed E-state index contributed by atoms with van der Waals surface area (Å²) in [7, 11) is -3.69. The van der Waals surface area contributed by atoms with E-state index < -0.39 is 19.2 Å². The molecule has 0 bridgehead atoms. The normalized spacial score (nSPS) is 15.4. The Bertz CT molecular complexity index is 948. The fourth-order valence-electron chi connectivity index (χ4n) is 2.16. The number of hydrogen-bond donors (Lipinski definition) is 3. The smallest absolute Gasteiger partial charge is 0.323 e. The van der Waals surface area contributed by atoms with E-state index >= 15 is 0 Å². The lowest BCUT2D eigenvalue weighted by atomic mass is 10.4. The van der Waals surface area contributed by atoms with E-state index in [1.807, 2.05) is 0 Å². The Balaban J connectivity index is 1.71. The summed E-state index contributed by atoms with van der Waals surface area (Å²) in [6, 6.07) is 0. The molecular weight excluding hydrogens is 337 g/mol. The number of nitrogens with two attached hydrogens (primary N) is 1. The van der Waals surface area contributed by atoms with Gasteiger partial charge in [0.2, 0.25) is 5.95 Å². The average molecular weight is 353 g/mol. The Morgan fingerprint density at radius 3 is 3.00 bits per heavy atom. The highest BCUT2D eigenvalue weighted by atomic mass is 31.2. The van der Waals surface area contributed by atoms with E-state index in [9.17, 15) is 14.3 Å². The number of H-pyrrole nitrogens is 1. The molecule has 3 heterocycles. The summed E-state index contributed by atoms with van der Waals surface area (Å²) in [6.07, 6.45) is 4.73. The minimum Gasteiger partial charge on any atom is -0.369 e. The second kappa shape index (κ2) is 6.19. The molecule has 0 aromatic carbocycles. The second-order valence-corrected chi connectivity index (χ2v) is 7.28. The van der Waals surface area contributed by atoms with Crippen LogP contribution in [-0.2, 0) is 15.8 Å². The van der Waals surface area contributed by atoms with Crippen LogP contribution < -0.4 is 11.3 Å². The molecule has 0 fully saturated rings. The van der Waals surface area contributed by atoms with E-state index in [2.05, 4.69) is 19.9 Å². The van der Waals surface area contributed by atoms with Crippen LogP contribution in [0.1, 0.15) is 6.92 Å². The molecule has 3 aromatic rings. The lowest BCUT2D eigenvalue weighted by Gasteiger charge is -2.17. The summed E-state index contributed by atoms with van der Waals surface area (Å²) in [5.74, 6) is -0.0113. The number of nitrogens with one attached hydrogen (secondary N) is 1. The summed E-state index contributed by atoms with van der Waals surface area (Å²) in [5.41, 5.74) is 5.61. The highest BCUT2D eigenvalue weighted by molar-refractivity contribution is 7.56. The molecule has 0 saturated heterocycles. The predicted molar refractivity (Wildman–Crippen MR) is 85.4 cm³/mol. The number of hydrogen-bond acceptors (Lipinski definition) is 7. The lowest BCUT2D eigenvalue weighted by Crippen LogP contribution is -2.19. The molecule has 0 aliphatic heterocycles. The van der Waals surface area contributed by atoms with E-state index in [1.54, 1.807) is 11.5 Å². The maximum atomic E-state index is 12.1. The second-order valence-electron chi connectivity index (χ2n) is 5.23. The lowest BCUT2D eigenvalue weighted by molar-refractivity contribution is 0.0818. The van der Waals surface area contributed by atoms with Crippen molar-refractivity contribution in [3.05, 3.63) is 35.4 Å². The first-order valence-electron chi connectivity index (χ1n) is 6.99. The van der Waals surface area contributed by atoms with Gasteiger partial charge in [-0.2, -0.15) is 4.98 Å². The Labute approximate surface area is 135 Å². The standard InChI is InChI=1S/C12H16N7O4P/c1-8(23-7-24(21,22)19-3-2-14-5-19)4-18-6-15-9-10(18)16-12(13)17-11(9)20/h2-3,5-6,8H,4,7H2,1H3,(H,21,22)(H3,13,16,17,20). The Morgan fingerprint density at radius 2 is 2.29 bits per heavy atom. The Morgan fingerprint density at radius 1 is 1.50 bits per heavy atom. The summed E-state index contributed by atoms with van der Waals surface area (Å²) >= 11 is 0. The zero-order chi connectivity index (χ0) is 17.3. The van der Waals surface area contributed by atoms with Crippen LogP contribution in [-0.4, -0.2) is 46.2 Å². The van der Waals surface area contributed by atoms with Gasteiger partial charge < -0.3 is 19.9 Å². The number of ether oxygens (including phenoxy) is 1. The van der Waals surface area contributed by atoms with Crippen LogP contribution in [0.2, 0.25) is 0 Å². The molecule has 12 heteroatoms. The quantitative estimate of drug-likeness (QED) is 0.523. The maximum Gasteiger partial charge on any atom is 0.323 e. The SMILES string of the molecule is CC(Cn1cnc2c(=O)[nH]c(N)nc21)OCP(=O)(O)n1ccnc1. The molecule has 0 saturated carbocycles. The molecule has 2 unspecified atom stereocenters. The van der Waals surface area contributed by atoms with Crippen LogP contribution in [0.3, 0.4) is 0 Å². The van der Waals surface area contributed by atoms with Crippen molar-refractivity contribution in [1.29, 1.82) is 0 Å². The van der Waals surface area contributed by atoms with Crippen molar-refractivity contribution >= 4 is 24.6 Å². The van der Waals surface area contributed by atoms with Crippen LogP contribution >= 0.6 is 7.52 Å². The van der Waals surface area contributed by atoms with Gasteiger partial charge in [-0.1, -0.05) is 0 Å². The van der Waals surface area contributed by atoms with Crippen molar-refractivity contribution in [2.75, 3.05) is 12.1 Å². The molecule has 0 aliphatic carbocycles. The molecule has 0 spiro atoms. The highest BCUT2D eigenvalue weighted by Gasteiger charge is 2.22. The van der Waals surface area contributed by atoms with Gasteiger partial charge in [0.15, 0.2) is 11.2 Å². The first kappa shape index (κ1) is 16.4. The van der Waals surface area contributed by atoms with Crippen molar-refractivity contribution in [2.45, 2.75) is 19.6 Å². The monoisotopic (exact) mass is 353 g/mol. The zero-order valence-corrected chi connectivity index (χ0v) is 13.6. The van der Waals surface area contributed by atoms with E-state index in [-0.39, 0.29) is 24.4 Å². The first-order valence-corrected chi connectivity index (χ1v) is 8.79. The molecule has 0 amide bonds. The summed E-state index contributed by atoms with van der Waals surface area (Å²) in [6.45, 7) is 2.02. The fraction of sp³-hybridized carbons (Fsp3) is 0.333. The first-order chi connectivity index (χ1) is 11.4. The molecule has 0 radical (unpaired) electrons. The number of imidazole rings is 2. The summed E-state index contributed by atoms with van der Waals surface area (Å²) in [5, 5.41) is 0. The number of rotatable bonds is 6. The van der Waals surface area contributed by atoms with Crippen molar-refractivity contribution in [3.8, 4) is 0 Å². The average Bonchev–Trinajstić information content (AvgIpc) is 3.16. The number of aromatic amines is 1. The van der Waals surface area contributed by atoms with E-state index in [4.69, 9.17) is 10.5 Å². The largest absolute Gasteiger partial charge is 0.369 e. The van der Waals surface area contributed by atoms with Gasteiger partial charge in [-0.25, -0.2) is 9.97 Å². The van der Waals surface area contributed by atoms with Crippen LogP contribution in [0.15, 0.2) is 29.8 Å². The van der Waals surface area contributed by atoms with Gasteiger partial charge >= 0.3 is 7.52 Å². The van der Waals surface area contributed by atoms with Gasteiger partial charge in [-0.05, 0) is 6.92 Å². The van der Waals surface area contributed by atoms with Crippen molar-refractivity contribution < 1.29 is 14.2 Å². The number of aromatic nitrogens is 6. The van der Waals surface area contributed by atoms with Crippen LogP contribution in [0, 0.1) is 0 Å². The molecule has 3 rings (SSSR count). The number of fused-ring (bicyclic) bond motifs is 1. The Kier molecular flexibility index (Phi) is 4.22. The van der Waals surface area contributed by atoms with Crippen molar-refractivity contribution in [1.82, 2.24) is 28.8 Å². The zero-order valence-electron chi connectivity index (χ0n) is 12.7. The molecule has 2 atom stereocenters. The third-order valence-corrected chi connectivity index (χ3v) is 4.77. The van der Waals surface area contributed by atoms with Crippen LogP contribution in [0.25, 0.3) is 11.2 Å². The minimum absolute atomic E-state index is 0.0113. The maximum absolute atomic E-state index is 12.1. The summed E-state index contributed by atoms with van der Waals surface area (Å²) in [4.78, 5) is 35.8. The third-order valence-electron chi connectivity index (χ3n) is 3.33. The topological polar surface area (TPSA) is 154 Å². The Hall–Kier alpha value is -2.49. The summed E-state index contributed by atoms with van der Waals surface area (Å²) < 4.78 is 20.3. The molecule has 11 nitrogen and oxygen atoms in total. The van der Waals surface area contributed by atoms with Gasteiger partial charge in [-0.3, -0.25) is 18.7 Å². The third kappa shape index (κ3) is 3.23. The predicted octanol–water partition coefficient (Wildman–Crippen LogP) is -0.00540. The van der Waals surface area contributed by atoms with E-state index in [0.29, 0.717) is 5.65 Å². The molecular formula is C12H16N7O4P. The highest BCUT2D eigenvalue weighted by Crippen LogP contribution is 2.41. The number of anilines is 1. The molecule has 0 aliphatic rings. The molecule has 3 aromatic heterocycles. The van der Waals surface area contributed by atoms with Gasteiger partial charge in [0.25, 0.3) is 5.56 Å². The van der Waals surface area contributed by atoms with E-state index in [0.717, 1.165) is 4.34 Å². The van der Waals surface area contributed by atoms with Crippen molar-refractivity contribution in [3.63, 3.8) is 0 Å². The molecule has 4 N–H and O–H groups in total. The fourth-order valence-corrected chi connectivity index (χ4v) is 3.23. The van der Waals surface area contributed by atoms with Gasteiger partial charge in [0, 0.05) is 12.4 Å². The van der Waals surface area contributed by atoms with Gasteiger partial charge in [0.05, 0.1) is 19.0 Å². The number of nitrogens with zero attached hydrogens (tertiary/aromatic N) is 5.